The molecule has 3 aromatic rings. The molecule has 0 atom stereocenters. The largest absolute Gasteiger partial charge is 0.485 e. The van der Waals surface area contributed by atoms with E-state index >= 15 is 0 Å². The van der Waals surface area contributed by atoms with Crippen molar-refractivity contribution in [3.05, 3.63) is 82.5 Å². The van der Waals surface area contributed by atoms with Crippen LogP contribution < -0.4 is 15.8 Å². The van der Waals surface area contributed by atoms with Crippen molar-refractivity contribution in [2.45, 2.75) is 13.5 Å². The fraction of sp³-hybridized carbons (Fsp3) is 0.100. The number of nitrogen functional groups attached to an aromatic ring is 1. The Balaban J connectivity index is 1.68. The molecule has 1 amide bonds. The fourth-order valence-corrected chi connectivity index (χ4v) is 2.58. The average molecular weight is 368 g/mol. The number of carbonyl (C=O) groups excluding carboxylic acids is 1. The number of ether oxygens (including phenoxy) is 1. The van der Waals surface area contributed by atoms with E-state index in [0.29, 0.717) is 22.0 Å². The molecule has 6 heteroatoms. The third kappa shape index (κ3) is 4.52. The van der Waals surface area contributed by atoms with Gasteiger partial charge in [0.25, 0.3) is 5.91 Å². The number of halogens is 1. The maximum absolute atomic E-state index is 12.4. The molecule has 1 aromatic heterocycles. The van der Waals surface area contributed by atoms with Gasteiger partial charge in [-0.05, 0) is 36.8 Å². The number of nitrogens with zero attached hydrogens (tertiary/aromatic N) is 1. The van der Waals surface area contributed by atoms with Crippen molar-refractivity contribution < 1.29 is 9.53 Å². The van der Waals surface area contributed by atoms with Crippen LogP contribution in [0.15, 0.2) is 60.8 Å². The van der Waals surface area contributed by atoms with Crippen LogP contribution in [0, 0.1) is 6.92 Å². The summed E-state index contributed by atoms with van der Waals surface area (Å²) in [6, 6.07) is 16.5. The number of hydrogen-bond acceptors (Lipinski definition) is 4. The van der Waals surface area contributed by atoms with Crippen LogP contribution in [-0.2, 0) is 6.61 Å². The predicted molar refractivity (Wildman–Crippen MR) is 104 cm³/mol. The number of nitrogens with two attached hydrogens (primary N) is 1. The number of hydrogen-bond donors (Lipinski definition) is 2. The van der Waals surface area contributed by atoms with Crippen molar-refractivity contribution in [2.75, 3.05) is 11.1 Å². The van der Waals surface area contributed by atoms with Crippen molar-refractivity contribution in [1.82, 2.24) is 4.98 Å². The van der Waals surface area contributed by atoms with Gasteiger partial charge in [-0.1, -0.05) is 41.4 Å². The summed E-state index contributed by atoms with van der Waals surface area (Å²) in [4.78, 5) is 16.3. The Morgan fingerprint density at radius 2 is 2.00 bits per heavy atom. The highest BCUT2D eigenvalue weighted by Crippen LogP contribution is 2.24. The first-order valence-corrected chi connectivity index (χ1v) is 8.40. The summed E-state index contributed by atoms with van der Waals surface area (Å²) in [7, 11) is 0. The molecule has 0 radical (unpaired) electrons. The lowest BCUT2D eigenvalue weighted by molar-refractivity contribution is 0.102. The first kappa shape index (κ1) is 17.8. The van der Waals surface area contributed by atoms with Crippen LogP contribution in [0.2, 0.25) is 5.02 Å². The van der Waals surface area contributed by atoms with Crippen molar-refractivity contribution >= 4 is 29.0 Å². The van der Waals surface area contributed by atoms with Gasteiger partial charge in [0.15, 0.2) is 11.6 Å². The van der Waals surface area contributed by atoms with Gasteiger partial charge in [0, 0.05) is 23.5 Å². The molecule has 0 unspecified atom stereocenters. The van der Waals surface area contributed by atoms with Gasteiger partial charge in [0.2, 0.25) is 0 Å². The Hall–Kier alpha value is -3.05. The number of benzene rings is 2. The number of rotatable bonds is 5. The van der Waals surface area contributed by atoms with E-state index in [4.69, 9.17) is 22.1 Å². The Morgan fingerprint density at radius 1 is 1.19 bits per heavy atom. The van der Waals surface area contributed by atoms with E-state index in [1.165, 1.54) is 6.20 Å². The molecule has 1 heterocycles. The minimum atomic E-state index is -0.157. The molecule has 0 saturated carbocycles. The monoisotopic (exact) mass is 367 g/mol. The Bertz CT molecular complexity index is 944. The van der Waals surface area contributed by atoms with Crippen LogP contribution in [0.25, 0.3) is 0 Å². The fourth-order valence-electron chi connectivity index (χ4n) is 2.44. The van der Waals surface area contributed by atoms with Gasteiger partial charge in [-0.15, -0.1) is 0 Å². The summed E-state index contributed by atoms with van der Waals surface area (Å²) in [5.41, 5.74) is 8.99. The Kier molecular flexibility index (Phi) is 5.39. The number of carbonyl (C=O) groups is 1. The van der Waals surface area contributed by atoms with E-state index in [1.54, 1.807) is 12.1 Å². The minimum Gasteiger partial charge on any atom is -0.485 e. The van der Waals surface area contributed by atoms with Gasteiger partial charge in [-0.25, -0.2) is 4.98 Å². The summed E-state index contributed by atoms with van der Waals surface area (Å²) in [6.07, 6.45) is 1.46. The molecule has 0 saturated heterocycles. The second kappa shape index (κ2) is 7.89. The molecule has 0 aliphatic carbocycles. The summed E-state index contributed by atoms with van der Waals surface area (Å²) < 4.78 is 5.68. The number of amides is 1. The van der Waals surface area contributed by atoms with E-state index in [1.807, 2.05) is 49.4 Å². The molecule has 3 N–H and O–H groups in total. The van der Waals surface area contributed by atoms with E-state index in [9.17, 15) is 4.79 Å². The van der Waals surface area contributed by atoms with Gasteiger partial charge >= 0.3 is 0 Å². The van der Waals surface area contributed by atoms with Gasteiger partial charge in [-0.3, -0.25) is 4.79 Å². The van der Waals surface area contributed by atoms with E-state index < -0.39 is 0 Å². The smallest absolute Gasteiger partial charge is 0.255 e. The molecule has 0 fully saturated rings. The topological polar surface area (TPSA) is 77.2 Å². The van der Waals surface area contributed by atoms with Crippen molar-refractivity contribution in [2.24, 2.45) is 0 Å². The molecule has 0 spiro atoms. The first-order chi connectivity index (χ1) is 12.5. The number of pyridine rings is 1. The molecular formula is C20H18ClN3O2. The zero-order valence-electron chi connectivity index (χ0n) is 14.2. The van der Waals surface area contributed by atoms with Gasteiger partial charge in [0.05, 0.1) is 5.02 Å². The Morgan fingerprint density at radius 3 is 2.81 bits per heavy atom. The lowest BCUT2D eigenvalue weighted by Gasteiger charge is -2.10. The first-order valence-electron chi connectivity index (χ1n) is 8.02. The van der Waals surface area contributed by atoms with E-state index in [0.717, 1.165) is 11.1 Å². The van der Waals surface area contributed by atoms with Crippen LogP contribution in [0.1, 0.15) is 21.5 Å². The third-order valence-electron chi connectivity index (χ3n) is 3.71. The highest BCUT2D eigenvalue weighted by Gasteiger charge is 2.08. The SMILES string of the molecule is Cc1cccc(C(=O)Nc2cccc(COc3cc(Cl)cnc3N)c2)c1. The second-order valence-corrected chi connectivity index (χ2v) is 6.29. The number of nitrogens with one attached hydrogen (secondary N) is 1. The molecule has 132 valence electrons. The highest BCUT2D eigenvalue weighted by molar-refractivity contribution is 6.30. The lowest BCUT2D eigenvalue weighted by atomic mass is 10.1. The third-order valence-corrected chi connectivity index (χ3v) is 3.91. The number of anilines is 2. The molecule has 0 aliphatic heterocycles. The summed E-state index contributed by atoms with van der Waals surface area (Å²) >= 11 is 5.90. The molecule has 0 aliphatic rings. The maximum atomic E-state index is 12.4. The molecule has 0 bridgehead atoms. The molecule has 5 nitrogen and oxygen atoms in total. The molecule has 3 rings (SSSR count). The quantitative estimate of drug-likeness (QED) is 0.698. The van der Waals surface area contributed by atoms with Gasteiger partial charge < -0.3 is 15.8 Å². The maximum Gasteiger partial charge on any atom is 0.255 e. The van der Waals surface area contributed by atoms with Crippen molar-refractivity contribution in [3.8, 4) is 5.75 Å². The van der Waals surface area contributed by atoms with Gasteiger partial charge in [0.1, 0.15) is 6.61 Å². The van der Waals surface area contributed by atoms with Crippen LogP contribution in [0.5, 0.6) is 5.75 Å². The Labute approximate surface area is 156 Å². The number of aryl methyl sites for hydroxylation is 1. The lowest BCUT2D eigenvalue weighted by Crippen LogP contribution is -2.12. The van der Waals surface area contributed by atoms with Crippen molar-refractivity contribution in [1.29, 1.82) is 0 Å². The zero-order chi connectivity index (χ0) is 18.5. The summed E-state index contributed by atoms with van der Waals surface area (Å²) in [5, 5.41) is 3.34. The van der Waals surface area contributed by atoms with E-state index in [2.05, 4.69) is 10.3 Å². The number of aromatic nitrogens is 1. The highest BCUT2D eigenvalue weighted by atomic mass is 35.5. The van der Waals surface area contributed by atoms with Crippen LogP contribution >= 0.6 is 11.6 Å². The molecular weight excluding hydrogens is 350 g/mol. The van der Waals surface area contributed by atoms with Crippen LogP contribution in [-0.4, -0.2) is 10.9 Å². The second-order valence-electron chi connectivity index (χ2n) is 5.85. The van der Waals surface area contributed by atoms with Gasteiger partial charge in [-0.2, -0.15) is 0 Å². The zero-order valence-corrected chi connectivity index (χ0v) is 15.0. The van der Waals surface area contributed by atoms with Crippen LogP contribution in [0.3, 0.4) is 0 Å². The van der Waals surface area contributed by atoms with E-state index in [-0.39, 0.29) is 18.3 Å². The standard InChI is InChI=1S/C20H18ClN3O2/c1-13-4-2-6-15(8-13)20(25)24-17-7-3-5-14(9-17)12-26-18-10-16(21)11-23-19(18)22/h2-11H,12H2,1H3,(H2,22,23)(H,24,25). The average Bonchev–Trinajstić information content (AvgIpc) is 2.63. The summed E-state index contributed by atoms with van der Waals surface area (Å²) in [5.74, 6) is 0.542. The summed E-state index contributed by atoms with van der Waals surface area (Å²) in [6.45, 7) is 2.23. The normalized spacial score (nSPS) is 10.4. The van der Waals surface area contributed by atoms with Crippen molar-refractivity contribution in [3.63, 3.8) is 0 Å². The molecule has 2 aromatic carbocycles. The minimum absolute atomic E-state index is 0.157. The molecule has 26 heavy (non-hydrogen) atoms. The predicted octanol–water partition coefficient (Wildman–Crippen LogP) is 4.46. The van der Waals surface area contributed by atoms with Crippen LogP contribution in [0.4, 0.5) is 11.5 Å².